The van der Waals surface area contributed by atoms with Crippen LogP contribution in [0.15, 0.2) is 23.0 Å². The summed E-state index contributed by atoms with van der Waals surface area (Å²) in [4.78, 5) is 15.7. The fourth-order valence-electron chi connectivity index (χ4n) is 4.19. The highest BCUT2D eigenvalue weighted by atomic mass is 16.5. The Labute approximate surface area is 149 Å². The molecule has 0 amide bonds. The zero-order valence-corrected chi connectivity index (χ0v) is 15.5. The van der Waals surface area contributed by atoms with Crippen LogP contribution in [0.5, 0.6) is 0 Å². The van der Waals surface area contributed by atoms with Crippen LogP contribution in [0.25, 0.3) is 11.3 Å². The number of rotatable bonds is 3. The Balaban J connectivity index is 1.69. The van der Waals surface area contributed by atoms with Crippen LogP contribution < -0.4 is 5.56 Å². The number of pyridine rings is 1. The van der Waals surface area contributed by atoms with Gasteiger partial charge < -0.3 is 9.72 Å². The number of ether oxygens (including phenoxy) is 1. The second-order valence-corrected chi connectivity index (χ2v) is 8.65. The van der Waals surface area contributed by atoms with Crippen LogP contribution in [0.1, 0.15) is 61.4 Å². The van der Waals surface area contributed by atoms with Gasteiger partial charge in [-0.25, -0.2) is 0 Å². The van der Waals surface area contributed by atoms with Crippen molar-refractivity contribution in [2.24, 2.45) is 5.41 Å². The zero-order chi connectivity index (χ0) is 17.6. The van der Waals surface area contributed by atoms with Gasteiger partial charge in [-0.2, -0.15) is 0 Å². The predicted molar refractivity (Wildman–Crippen MR) is 101 cm³/mol. The van der Waals surface area contributed by atoms with Crippen molar-refractivity contribution >= 4 is 0 Å². The van der Waals surface area contributed by atoms with Crippen molar-refractivity contribution < 1.29 is 4.74 Å². The number of hydrogen-bond acceptors (Lipinski definition) is 2. The van der Waals surface area contributed by atoms with Crippen LogP contribution >= 0.6 is 0 Å². The van der Waals surface area contributed by atoms with Gasteiger partial charge in [0.05, 0.1) is 18.9 Å². The third-order valence-electron chi connectivity index (χ3n) is 5.34. The molecule has 0 bridgehead atoms. The van der Waals surface area contributed by atoms with E-state index in [1.807, 2.05) is 0 Å². The van der Waals surface area contributed by atoms with E-state index in [1.54, 1.807) is 0 Å². The van der Waals surface area contributed by atoms with Gasteiger partial charge in [-0.3, -0.25) is 4.79 Å². The topological polar surface area (TPSA) is 42.1 Å². The van der Waals surface area contributed by atoms with Crippen molar-refractivity contribution in [1.82, 2.24) is 4.98 Å². The summed E-state index contributed by atoms with van der Waals surface area (Å²) in [6.07, 6.45) is 5.23. The highest BCUT2D eigenvalue weighted by Gasteiger charge is 2.28. The van der Waals surface area contributed by atoms with Crippen LogP contribution in [0.3, 0.4) is 0 Å². The van der Waals surface area contributed by atoms with Crippen LogP contribution in [0.4, 0.5) is 0 Å². The quantitative estimate of drug-likeness (QED) is 0.770. The zero-order valence-electron chi connectivity index (χ0n) is 15.5. The van der Waals surface area contributed by atoms with Crippen molar-refractivity contribution in [2.45, 2.75) is 59.5 Å². The van der Waals surface area contributed by atoms with Gasteiger partial charge in [0.1, 0.15) is 0 Å². The molecule has 2 aliphatic carbocycles. The van der Waals surface area contributed by atoms with E-state index in [2.05, 4.69) is 44.0 Å². The fourth-order valence-corrected chi connectivity index (χ4v) is 4.19. The molecule has 0 saturated carbocycles. The van der Waals surface area contributed by atoms with Crippen LogP contribution in [0.2, 0.25) is 0 Å². The molecule has 2 aromatic rings. The van der Waals surface area contributed by atoms with Crippen LogP contribution in [-0.2, 0) is 30.6 Å². The van der Waals surface area contributed by atoms with E-state index in [0.29, 0.717) is 6.61 Å². The van der Waals surface area contributed by atoms with Crippen LogP contribution in [-0.4, -0.2) is 11.6 Å². The lowest BCUT2D eigenvalue weighted by Crippen LogP contribution is -2.21. The molecule has 2 aliphatic rings. The van der Waals surface area contributed by atoms with Crippen molar-refractivity contribution in [1.29, 1.82) is 0 Å². The number of H-pyrrole nitrogens is 1. The summed E-state index contributed by atoms with van der Waals surface area (Å²) in [7, 11) is 0. The summed E-state index contributed by atoms with van der Waals surface area (Å²) in [5, 5.41) is 0. The maximum atomic E-state index is 12.5. The SMILES string of the molecule is CC(C)(C)COCc1cccc2c1Cc1c-2[nH]c(=O)c2c1CCCC2. The monoisotopic (exact) mass is 337 g/mol. The number of nitrogens with one attached hydrogen (secondary N) is 1. The molecule has 0 radical (unpaired) electrons. The summed E-state index contributed by atoms with van der Waals surface area (Å²) in [5.41, 5.74) is 8.83. The molecule has 25 heavy (non-hydrogen) atoms. The van der Waals surface area contributed by atoms with E-state index in [-0.39, 0.29) is 11.0 Å². The Kier molecular flexibility index (Phi) is 4.07. The average molecular weight is 337 g/mol. The summed E-state index contributed by atoms with van der Waals surface area (Å²) >= 11 is 0. The largest absolute Gasteiger partial charge is 0.376 e. The van der Waals surface area contributed by atoms with Gasteiger partial charge in [-0.1, -0.05) is 39.0 Å². The molecule has 4 rings (SSSR count). The Hall–Kier alpha value is -1.87. The second kappa shape index (κ2) is 6.14. The first kappa shape index (κ1) is 16.6. The minimum atomic E-state index is 0.121. The highest BCUT2D eigenvalue weighted by molar-refractivity contribution is 5.76. The highest BCUT2D eigenvalue weighted by Crippen LogP contribution is 2.40. The molecule has 0 atom stereocenters. The van der Waals surface area contributed by atoms with E-state index >= 15 is 0 Å². The minimum Gasteiger partial charge on any atom is -0.376 e. The van der Waals surface area contributed by atoms with E-state index in [4.69, 9.17) is 4.74 Å². The molecule has 1 N–H and O–H groups in total. The third kappa shape index (κ3) is 3.06. The molecule has 1 aromatic heterocycles. The van der Waals surface area contributed by atoms with E-state index in [0.717, 1.165) is 43.5 Å². The first-order valence-electron chi connectivity index (χ1n) is 9.40. The van der Waals surface area contributed by atoms with E-state index < -0.39 is 0 Å². The molecule has 132 valence electrons. The fraction of sp³-hybridized carbons (Fsp3) is 0.500. The molecule has 0 fully saturated rings. The standard InChI is InChI=1S/C22H27NO2/c1-22(2,3)13-25-12-14-7-6-10-16-18(14)11-19-15-8-4-5-9-17(15)21(24)23-20(16)19/h6-7,10H,4-5,8-9,11-13H2,1-3H3,(H,23,24). The summed E-state index contributed by atoms with van der Waals surface area (Å²) < 4.78 is 5.97. The van der Waals surface area contributed by atoms with Gasteiger partial charge >= 0.3 is 0 Å². The first-order chi connectivity index (χ1) is 11.9. The number of hydrogen-bond donors (Lipinski definition) is 1. The van der Waals surface area contributed by atoms with Crippen molar-refractivity contribution in [3.8, 4) is 11.3 Å². The number of aromatic nitrogens is 1. The number of aromatic amines is 1. The lowest BCUT2D eigenvalue weighted by atomic mass is 9.88. The van der Waals surface area contributed by atoms with Gasteiger partial charge in [0.15, 0.2) is 0 Å². The molecule has 3 heteroatoms. The minimum absolute atomic E-state index is 0.121. The van der Waals surface area contributed by atoms with Gasteiger partial charge in [0, 0.05) is 17.5 Å². The summed E-state index contributed by atoms with van der Waals surface area (Å²) in [6.45, 7) is 7.95. The van der Waals surface area contributed by atoms with Crippen molar-refractivity contribution in [2.75, 3.05) is 6.61 Å². The average Bonchev–Trinajstić information content (AvgIpc) is 2.94. The molecule has 0 spiro atoms. The Bertz CT molecular complexity index is 871. The molecular weight excluding hydrogens is 310 g/mol. The molecule has 1 aromatic carbocycles. The van der Waals surface area contributed by atoms with Gasteiger partial charge in [0.2, 0.25) is 0 Å². The molecule has 0 aliphatic heterocycles. The van der Waals surface area contributed by atoms with Gasteiger partial charge in [0.25, 0.3) is 5.56 Å². The second-order valence-electron chi connectivity index (χ2n) is 8.65. The summed E-state index contributed by atoms with van der Waals surface area (Å²) in [5.74, 6) is 0. The van der Waals surface area contributed by atoms with E-state index in [9.17, 15) is 4.79 Å². The van der Waals surface area contributed by atoms with E-state index in [1.165, 1.54) is 34.2 Å². The van der Waals surface area contributed by atoms with Gasteiger partial charge in [-0.05, 0) is 53.4 Å². The molecule has 0 saturated heterocycles. The van der Waals surface area contributed by atoms with Crippen molar-refractivity contribution in [3.05, 3.63) is 56.4 Å². The van der Waals surface area contributed by atoms with Gasteiger partial charge in [-0.15, -0.1) is 0 Å². The van der Waals surface area contributed by atoms with Crippen molar-refractivity contribution in [3.63, 3.8) is 0 Å². The normalized spacial score (nSPS) is 15.6. The first-order valence-corrected chi connectivity index (χ1v) is 9.40. The molecule has 3 nitrogen and oxygen atoms in total. The summed E-state index contributed by atoms with van der Waals surface area (Å²) in [6, 6.07) is 6.39. The Morgan fingerprint density at radius 3 is 2.56 bits per heavy atom. The molecule has 1 heterocycles. The third-order valence-corrected chi connectivity index (χ3v) is 5.34. The maximum Gasteiger partial charge on any atom is 0.251 e. The lowest BCUT2D eigenvalue weighted by Gasteiger charge is -2.19. The Morgan fingerprint density at radius 2 is 1.80 bits per heavy atom. The number of benzene rings is 1. The Morgan fingerprint density at radius 1 is 1.04 bits per heavy atom. The van der Waals surface area contributed by atoms with Crippen LogP contribution in [0, 0.1) is 5.41 Å². The smallest absolute Gasteiger partial charge is 0.251 e. The molecular formula is C22H27NO2. The lowest BCUT2D eigenvalue weighted by molar-refractivity contribution is 0.0596. The number of fused-ring (bicyclic) bond motifs is 5. The molecule has 0 unspecified atom stereocenters. The maximum absolute atomic E-state index is 12.5. The predicted octanol–water partition coefficient (Wildman–Crippen LogP) is 4.39.